The fraction of sp³-hybridized carbons (Fsp3) is 0.500. The highest BCUT2D eigenvalue weighted by Crippen LogP contribution is 2.35. The van der Waals surface area contributed by atoms with Gasteiger partial charge in [0.15, 0.2) is 11.3 Å². The predicted octanol–water partition coefficient (Wildman–Crippen LogP) is 4.34. The van der Waals surface area contributed by atoms with E-state index in [-0.39, 0.29) is 35.9 Å². The van der Waals surface area contributed by atoms with Gasteiger partial charge in [-0.2, -0.15) is 36.5 Å². The van der Waals surface area contributed by atoms with E-state index in [9.17, 15) is 39.9 Å². The summed E-state index contributed by atoms with van der Waals surface area (Å²) in [6.07, 6.45) is -5.75. The minimum absolute atomic E-state index is 0.0310. The number of rotatable bonds is 5. The number of nitrogens with zero attached hydrogens (tertiary/aromatic N) is 5. The van der Waals surface area contributed by atoms with Gasteiger partial charge in [-0.25, -0.2) is 23.1 Å². The molecule has 0 radical (unpaired) electrons. The number of aromatic nitrogens is 5. The van der Waals surface area contributed by atoms with Gasteiger partial charge in [0.2, 0.25) is 0 Å². The lowest BCUT2D eigenvalue weighted by molar-refractivity contribution is -0.192. The highest BCUT2D eigenvalue weighted by Gasteiger charge is 2.45. The predicted molar refractivity (Wildman–Crippen MR) is 126 cm³/mol. The summed E-state index contributed by atoms with van der Waals surface area (Å²) in [5.41, 5.74) is 3.91. The Morgan fingerprint density at radius 3 is 2.39 bits per heavy atom. The van der Waals surface area contributed by atoms with Gasteiger partial charge < -0.3 is 21.5 Å². The number of alkyl halides is 8. The number of halogens is 8. The van der Waals surface area contributed by atoms with Crippen molar-refractivity contribution in [2.45, 2.75) is 69.5 Å². The van der Waals surface area contributed by atoms with Crippen LogP contribution >= 0.6 is 0 Å². The standard InChI is InChI=1S/C20H23F5N8O.C2HF3O2/c1-10(2)33-9-13(16(31-33)20(23,24)25)29-18(34)11-8-27-32-7-5-14(30-17(11)32)28-12-4-3-6-19(21,22)15(12)26;3-2(4,5)1(6)7/h5,7-10,12,15H,3-4,6,26H2,1-2H3,(H,28,30)(H,29,34);(H,6,7)/t12-,15-;/m1./s1. The van der Waals surface area contributed by atoms with Gasteiger partial charge in [-0.1, -0.05) is 0 Å². The highest BCUT2D eigenvalue weighted by molar-refractivity contribution is 6.08. The summed E-state index contributed by atoms with van der Waals surface area (Å²) in [7, 11) is 0. The summed E-state index contributed by atoms with van der Waals surface area (Å²) in [5, 5.41) is 19.8. The zero-order chi connectivity index (χ0) is 30.9. The number of nitrogens with one attached hydrogen (secondary N) is 2. The molecule has 3 heterocycles. The van der Waals surface area contributed by atoms with E-state index in [4.69, 9.17) is 15.6 Å². The Kier molecular flexibility index (Phi) is 8.80. The second kappa shape index (κ2) is 11.5. The van der Waals surface area contributed by atoms with E-state index < -0.39 is 53.6 Å². The minimum atomic E-state index is -5.08. The largest absolute Gasteiger partial charge is 0.490 e. The first-order valence-electron chi connectivity index (χ1n) is 11.8. The van der Waals surface area contributed by atoms with E-state index in [0.717, 1.165) is 17.1 Å². The Balaban J connectivity index is 0.000000587. The quantitative estimate of drug-likeness (QED) is 0.316. The molecule has 1 amide bonds. The van der Waals surface area contributed by atoms with Crippen LogP contribution in [0.1, 0.15) is 55.2 Å². The molecule has 0 spiro atoms. The van der Waals surface area contributed by atoms with Gasteiger partial charge in [0, 0.05) is 30.9 Å². The van der Waals surface area contributed by atoms with Gasteiger partial charge in [-0.15, -0.1) is 0 Å². The molecule has 0 bridgehead atoms. The molecule has 1 saturated carbocycles. The van der Waals surface area contributed by atoms with E-state index in [1.54, 1.807) is 13.8 Å². The number of nitrogens with two attached hydrogens (primary N) is 1. The Labute approximate surface area is 225 Å². The molecule has 5 N–H and O–H groups in total. The van der Waals surface area contributed by atoms with E-state index in [1.807, 2.05) is 0 Å². The Morgan fingerprint density at radius 2 is 1.83 bits per heavy atom. The molecule has 0 aromatic carbocycles. The molecule has 4 rings (SSSR count). The lowest BCUT2D eigenvalue weighted by Crippen LogP contribution is -2.55. The molecule has 19 heteroatoms. The monoisotopic (exact) mass is 600 g/mol. The van der Waals surface area contributed by atoms with Crippen molar-refractivity contribution in [2.24, 2.45) is 5.73 Å². The molecule has 1 aliphatic rings. The Morgan fingerprint density at radius 1 is 1.20 bits per heavy atom. The number of fused-ring (bicyclic) bond motifs is 1. The van der Waals surface area contributed by atoms with Gasteiger partial charge in [0.25, 0.3) is 11.8 Å². The summed E-state index contributed by atoms with van der Waals surface area (Å²) < 4.78 is 102. The van der Waals surface area contributed by atoms with Crippen LogP contribution in [-0.2, 0) is 11.0 Å². The summed E-state index contributed by atoms with van der Waals surface area (Å²) in [4.78, 5) is 26.0. The van der Waals surface area contributed by atoms with Gasteiger partial charge in [0.05, 0.1) is 17.9 Å². The molecule has 0 aliphatic heterocycles. The number of aliphatic carboxylic acids is 1. The first-order chi connectivity index (χ1) is 18.8. The van der Waals surface area contributed by atoms with Crippen LogP contribution in [0, 0.1) is 0 Å². The second-order valence-electron chi connectivity index (χ2n) is 9.29. The van der Waals surface area contributed by atoms with Crippen molar-refractivity contribution >= 4 is 29.0 Å². The molecule has 41 heavy (non-hydrogen) atoms. The van der Waals surface area contributed by atoms with Crippen molar-refractivity contribution in [1.82, 2.24) is 24.4 Å². The first kappa shape index (κ1) is 31.5. The molecule has 2 atom stereocenters. The molecule has 0 saturated heterocycles. The fourth-order valence-corrected chi connectivity index (χ4v) is 3.81. The smallest absolute Gasteiger partial charge is 0.475 e. The van der Waals surface area contributed by atoms with Gasteiger partial charge in [-0.3, -0.25) is 9.48 Å². The van der Waals surface area contributed by atoms with Gasteiger partial charge >= 0.3 is 18.3 Å². The van der Waals surface area contributed by atoms with Crippen molar-refractivity contribution in [3.8, 4) is 0 Å². The number of amides is 1. The highest BCUT2D eigenvalue weighted by atomic mass is 19.4. The maximum atomic E-state index is 14.0. The van der Waals surface area contributed by atoms with Gasteiger partial charge in [-0.05, 0) is 32.8 Å². The number of carboxylic acid groups (broad SMARTS) is 1. The van der Waals surface area contributed by atoms with Crippen LogP contribution in [0.5, 0.6) is 0 Å². The van der Waals surface area contributed by atoms with Crippen LogP contribution < -0.4 is 16.4 Å². The average molecular weight is 600 g/mol. The molecule has 3 aromatic rings. The van der Waals surface area contributed by atoms with Gasteiger partial charge in [0.1, 0.15) is 11.4 Å². The molecule has 0 unspecified atom stereocenters. The number of hydrogen-bond donors (Lipinski definition) is 4. The summed E-state index contributed by atoms with van der Waals surface area (Å²) in [6.45, 7) is 3.30. The van der Waals surface area contributed by atoms with Crippen LogP contribution in [0.3, 0.4) is 0 Å². The third kappa shape index (κ3) is 7.39. The molecule has 1 fully saturated rings. The van der Waals surface area contributed by atoms with E-state index in [0.29, 0.717) is 6.42 Å². The van der Waals surface area contributed by atoms with Crippen LogP contribution in [0.15, 0.2) is 24.7 Å². The van der Waals surface area contributed by atoms with Crippen molar-refractivity contribution < 1.29 is 49.8 Å². The molecular weight excluding hydrogens is 576 g/mol. The fourth-order valence-electron chi connectivity index (χ4n) is 3.81. The summed E-state index contributed by atoms with van der Waals surface area (Å²) >= 11 is 0. The lowest BCUT2D eigenvalue weighted by Gasteiger charge is -2.36. The van der Waals surface area contributed by atoms with E-state index in [2.05, 4.69) is 25.8 Å². The lowest BCUT2D eigenvalue weighted by atomic mass is 9.87. The van der Waals surface area contributed by atoms with Crippen LogP contribution in [0.4, 0.5) is 46.6 Å². The third-order valence-corrected chi connectivity index (χ3v) is 5.91. The number of hydrogen-bond acceptors (Lipinski definition) is 7. The van der Waals surface area contributed by atoms with Crippen LogP contribution in [0.2, 0.25) is 0 Å². The SMILES string of the molecule is CC(C)n1cc(NC(=O)c2cnn3ccc(N[C@@H]4CCCC(F)(F)[C@@H]4N)nc23)c(C(F)(F)F)n1.O=C(O)C(F)(F)F. The number of carbonyl (C=O) groups is 2. The normalized spacial score (nSPS) is 19.0. The average Bonchev–Trinajstić information content (AvgIpc) is 3.46. The summed E-state index contributed by atoms with van der Waals surface area (Å²) in [6, 6.07) is -1.03. The number of carboxylic acids is 1. The maximum Gasteiger partial charge on any atom is 0.490 e. The van der Waals surface area contributed by atoms with E-state index >= 15 is 0 Å². The van der Waals surface area contributed by atoms with Crippen LogP contribution in [0.25, 0.3) is 5.65 Å². The zero-order valence-electron chi connectivity index (χ0n) is 21.3. The maximum absolute atomic E-state index is 14.0. The molecule has 226 valence electrons. The molecule has 3 aromatic heterocycles. The number of carbonyl (C=O) groups excluding carboxylic acids is 1. The van der Waals surface area contributed by atoms with E-state index in [1.165, 1.54) is 16.8 Å². The second-order valence-corrected chi connectivity index (χ2v) is 9.29. The van der Waals surface area contributed by atoms with Crippen molar-refractivity contribution in [3.63, 3.8) is 0 Å². The first-order valence-corrected chi connectivity index (χ1v) is 11.8. The minimum Gasteiger partial charge on any atom is -0.475 e. The molecular formula is C22H24F8N8O3. The topological polar surface area (TPSA) is 152 Å². The zero-order valence-corrected chi connectivity index (χ0v) is 21.3. The third-order valence-electron chi connectivity index (χ3n) is 5.91. The Bertz CT molecular complexity index is 1400. The summed E-state index contributed by atoms with van der Waals surface area (Å²) in [5.74, 6) is -6.47. The van der Waals surface area contributed by atoms with Crippen molar-refractivity contribution in [3.05, 3.63) is 35.9 Å². The number of anilines is 2. The Hall–Kier alpha value is -4.03. The molecule has 11 nitrogen and oxygen atoms in total. The van der Waals surface area contributed by atoms with Crippen molar-refractivity contribution in [1.29, 1.82) is 0 Å². The van der Waals surface area contributed by atoms with Crippen molar-refractivity contribution in [2.75, 3.05) is 10.6 Å². The molecule has 1 aliphatic carbocycles. The van der Waals surface area contributed by atoms with Crippen LogP contribution in [-0.4, -0.2) is 65.5 Å².